The van der Waals surface area contributed by atoms with Crippen molar-refractivity contribution >= 4 is 10.9 Å². The molecule has 21 heavy (non-hydrogen) atoms. The van der Waals surface area contributed by atoms with Crippen molar-refractivity contribution in [1.82, 2.24) is 4.98 Å². The zero-order valence-corrected chi connectivity index (χ0v) is 12.8. The van der Waals surface area contributed by atoms with Crippen molar-refractivity contribution in [1.29, 1.82) is 0 Å². The van der Waals surface area contributed by atoms with Gasteiger partial charge in [-0.1, -0.05) is 37.5 Å². The van der Waals surface area contributed by atoms with Crippen molar-refractivity contribution in [2.24, 2.45) is 5.73 Å². The normalized spacial score (nSPS) is 18.0. The summed E-state index contributed by atoms with van der Waals surface area (Å²) >= 11 is 0. The van der Waals surface area contributed by atoms with Gasteiger partial charge in [0.1, 0.15) is 0 Å². The zero-order valence-electron chi connectivity index (χ0n) is 12.8. The summed E-state index contributed by atoms with van der Waals surface area (Å²) in [4.78, 5) is 4.59. The first-order valence-corrected chi connectivity index (χ1v) is 7.92. The maximum Gasteiger partial charge on any atom is 0.0808 e. The highest BCUT2D eigenvalue weighted by atomic mass is 16.5. The molecule has 1 heterocycles. The van der Waals surface area contributed by atoms with E-state index in [-0.39, 0.29) is 5.60 Å². The van der Waals surface area contributed by atoms with Crippen LogP contribution >= 0.6 is 0 Å². The number of hydrogen-bond acceptors (Lipinski definition) is 3. The molecule has 2 N–H and O–H groups in total. The first kappa shape index (κ1) is 14.5. The van der Waals surface area contributed by atoms with Gasteiger partial charge in [0.25, 0.3) is 0 Å². The van der Waals surface area contributed by atoms with Crippen LogP contribution in [0.1, 0.15) is 43.4 Å². The molecule has 0 aliphatic heterocycles. The Morgan fingerprint density at radius 2 is 1.95 bits per heavy atom. The molecule has 0 unspecified atom stereocenters. The van der Waals surface area contributed by atoms with Crippen molar-refractivity contribution in [3.05, 3.63) is 41.6 Å². The van der Waals surface area contributed by atoms with E-state index in [0.29, 0.717) is 13.2 Å². The average Bonchev–Trinajstić information content (AvgIpc) is 2.53. The van der Waals surface area contributed by atoms with Crippen LogP contribution in [0.3, 0.4) is 0 Å². The molecule has 0 radical (unpaired) electrons. The number of aryl methyl sites for hydroxylation is 1. The summed E-state index contributed by atoms with van der Waals surface area (Å²) in [5, 5.41) is 1.19. The molecule has 1 aliphatic rings. The Labute approximate surface area is 126 Å². The molecule has 1 aromatic heterocycles. The standard InChI is InChI=1S/C18H24N2O/c1-14-11-15(16-7-3-4-8-17(16)20-14)12-21-18(13-19)9-5-2-6-10-18/h3-4,7-8,11H,2,5-6,9-10,12-13,19H2,1H3. The molecule has 1 saturated carbocycles. The molecule has 1 aliphatic carbocycles. The van der Waals surface area contributed by atoms with E-state index in [1.54, 1.807) is 0 Å². The van der Waals surface area contributed by atoms with E-state index in [0.717, 1.165) is 24.1 Å². The molecule has 2 aromatic rings. The number of hydrogen-bond donors (Lipinski definition) is 1. The fraction of sp³-hybridized carbons (Fsp3) is 0.500. The molecule has 3 nitrogen and oxygen atoms in total. The average molecular weight is 284 g/mol. The molecular formula is C18H24N2O. The van der Waals surface area contributed by atoms with Crippen molar-refractivity contribution in [3.8, 4) is 0 Å². The Morgan fingerprint density at radius 3 is 2.71 bits per heavy atom. The number of rotatable bonds is 4. The Kier molecular flexibility index (Phi) is 4.22. The molecule has 0 amide bonds. The van der Waals surface area contributed by atoms with Crippen molar-refractivity contribution in [2.45, 2.75) is 51.2 Å². The number of ether oxygens (including phenoxy) is 1. The summed E-state index contributed by atoms with van der Waals surface area (Å²) in [5.74, 6) is 0. The summed E-state index contributed by atoms with van der Waals surface area (Å²) in [6, 6.07) is 10.4. The van der Waals surface area contributed by atoms with Crippen LogP contribution in [0.4, 0.5) is 0 Å². The molecule has 0 bridgehead atoms. The molecule has 0 spiro atoms. The van der Waals surface area contributed by atoms with Crippen LogP contribution in [0, 0.1) is 6.92 Å². The van der Waals surface area contributed by atoms with Gasteiger partial charge in [0.2, 0.25) is 0 Å². The second-order valence-corrected chi connectivity index (χ2v) is 6.18. The molecule has 3 rings (SSSR count). The van der Waals surface area contributed by atoms with Crippen molar-refractivity contribution < 1.29 is 4.74 Å². The van der Waals surface area contributed by atoms with Crippen LogP contribution in [0.5, 0.6) is 0 Å². The summed E-state index contributed by atoms with van der Waals surface area (Å²) in [6.07, 6.45) is 5.94. The third-order valence-corrected chi connectivity index (χ3v) is 4.60. The molecule has 0 saturated heterocycles. The summed E-state index contributed by atoms with van der Waals surface area (Å²) < 4.78 is 6.32. The van der Waals surface area contributed by atoms with E-state index in [4.69, 9.17) is 10.5 Å². The third-order valence-electron chi connectivity index (χ3n) is 4.60. The Morgan fingerprint density at radius 1 is 1.19 bits per heavy atom. The van der Waals surface area contributed by atoms with Gasteiger partial charge in [0.05, 0.1) is 17.7 Å². The summed E-state index contributed by atoms with van der Waals surface area (Å²) in [5.41, 5.74) is 9.19. The molecule has 112 valence electrons. The number of pyridine rings is 1. The predicted octanol–water partition coefficient (Wildman–Crippen LogP) is 3.72. The number of nitrogens with two attached hydrogens (primary N) is 1. The van der Waals surface area contributed by atoms with Gasteiger partial charge in [-0.25, -0.2) is 0 Å². The zero-order chi connectivity index (χ0) is 14.7. The van der Waals surface area contributed by atoms with Crippen LogP contribution in [0.2, 0.25) is 0 Å². The number of fused-ring (bicyclic) bond motifs is 1. The monoisotopic (exact) mass is 284 g/mol. The maximum absolute atomic E-state index is 6.32. The van der Waals surface area contributed by atoms with Crippen LogP contribution in [0.25, 0.3) is 10.9 Å². The van der Waals surface area contributed by atoms with Crippen LogP contribution in [-0.2, 0) is 11.3 Å². The highest BCUT2D eigenvalue weighted by Gasteiger charge is 2.31. The van der Waals surface area contributed by atoms with Crippen LogP contribution < -0.4 is 5.73 Å². The number of benzene rings is 1. The van der Waals surface area contributed by atoms with E-state index < -0.39 is 0 Å². The molecule has 1 fully saturated rings. The predicted molar refractivity (Wildman–Crippen MR) is 86.1 cm³/mol. The minimum absolute atomic E-state index is 0.115. The molecular weight excluding hydrogens is 260 g/mol. The quantitative estimate of drug-likeness (QED) is 0.930. The van der Waals surface area contributed by atoms with Gasteiger partial charge >= 0.3 is 0 Å². The fourth-order valence-corrected chi connectivity index (χ4v) is 3.35. The first-order valence-electron chi connectivity index (χ1n) is 7.92. The van der Waals surface area contributed by atoms with Gasteiger partial charge in [0.15, 0.2) is 0 Å². The van der Waals surface area contributed by atoms with E-state index >= 15 is 0 Å². The van der Waals surface area contributed by atoms with Crippen LogP contribution in [0.15, 0.2) is 30.3 Å². The lowest BCUT2D eigenvalue weighted by Crippen LogP contribution is -2.42. The van der Waals surface area contributed by atoms with Gasteiger partial charge in [-0.15, -0.1) is 0 Å². The number of para-hydroxylation sites is 1. The maximum atomic E-state index is 6.32. The second-order valence-electron chi connectivity index (χ2n) is 6.18. The summed E-state index contributed by atoms with van der Waals surface area (Å²) in [7, 11) is 0. The molecule has 1 aromatic carbocycles. The van der Waals surface area contributed by atoms with E-state index in [9.17, 15) is 0 Å². The van der Waals surface area contributed by atoms with Gasteiger partial charge < -0.3 is 10.5 Å². The molecule has 3 heteroatoms. The van der Waals surface area contributed by atoms with Gasteiger partial charge in [-0.3, -0.25) is 4.98 Å². The van der Waals surface area contributed by atoms with Gasteiger partial charge in [-0.2, -0.15) is 0 Å². The van der Waals surface area contributed by atoms with E-state index in [1.807, 2.05) is 13.0 Å². The SMILES string of the molecule is Cc1cc(COC2(CN)CCCCC2)c2ccccc2n1. The van der Waals surface area contributed by atoms with E-state index in [2.05, 4.69) is 29.2 Å². The Bertz CT molecular complexity index is 618. The largest absolute Gasteiger partial charge is 0.369 e. The fourth-order valence-electron chi connectivity index (χ4n) is 3.35. The smallest absolute Gasteiger partial charge is 0.0808 e. The molecule has 0 atom stereocenters. The first-order chi connectivity index (χ1) is 10.2. The minimum atomic E-state index is -0.115. The van der Waals surface area contributed by atoms with E-state index in [1.165, 1.54) is 30.2 Å². The van der Waals surface area contributed by atoms with Crippen LogP contribution in [-0.4, -0.2) is 17.1 Å². The summed E-state index contributed by atoms with van der Waals surface area (Å²) in [6.45, 7) is 3.28. The van der Waals surface area contributed by atoms with Crippen molar-refractivity contribution in [3.63, 3.8) is 0 Å². The lowest BCUT2D eigenvalue weighted by molar-refractivity contribution is -0.0730. The minimum Gasteiger partial charge on any atom is -0.369 e. The lowest BCUT2D eigenvalue weighted by Gasteiger charge is -2.36. The number of nitrogens with zero attached hydrogens (tertiary/aromatic N) is 1. The van der Waals surface area contributed by atoms with Gasteiger partial charge in [-0.05, 0) is 37.5 Å². The second kappa shape index (κ2) is 6.12. The lowest BCUT2D eigenvalue weighted by atomic mass is 9.84. The third kappa shape index (κ3) is 3.09. The van der Waals surface area contributed by atoms with Gasteiger partial charge in [0, 0.05) is 17.6 Å². The highest BCUT2D eigenvalue weighted by molar-refractivity contribution is 5.82. The number of aromatic nitrogens is 1. The Balaban J connectivity index is 1.84. The topological polar surface area (TPSA) is 48.1 Å². The highest BCUT2D eigenvalue weighted by Crippen LogP contribution is 2.32. The Hall–Kier alpha value is -1.45. The van der Waals surface area contributed by atoms with Crippen molar-refractivity contribution in [2.75, 3.05) is 6.54 Å².